The van der Waals surface area contributed by atoms with E-state index in [1.54, 1.807) is 0 Å². The van der Waals surface area contributed by atoms with Gasteiger partial charge < -0.3 is 9.84 Å². The van der Waals surface area contributed by atoms with E-state index < -0.39 is 5.60 Å². The Kier molecular flexibility index (Phi) is 5.34. The number of nitrogens with zero attached hydrogens (tertiary/aromatic N) is 1. The van der Waals surface area contributed by atoms with Crippen molar-refractivity contribution in [2.24, 2.45) is 0 Å². The molecule has 0 unspecified atom stereocenters. The molecule has 0 bridgehead atoms. The topological polar surface area (TPSA) is 32.7 Å². The Morgan fingerprint density at radius 3 is 2.29 bits per heavy atom. The highest BCUT2D eigenvalue weighted by Crippen LogP contribution is 2.37. The van der Waals surface area contributed by atoms with E-state index in [0.29, 0.717) is 0 Å². The highest BCUT2D eigenvalue weighted by Gasteiger charge is 2.36. The normalized spacial score (nSPS) is 19.6. The molecule has 1 N–H and O–H groups in total. The summed E-state index contributed by atoms with van der Waals surface area (Å²) in [5.41, 5.74) is 2.43. The highest BCUT2D eigenvalue weighted by molar-refractivity contribution is 5.32. The molecule has 24 heavy (non-hydrogen) atoms. The first-order chi connectivity index (χ1) is 11.6. The lowest BCUT2D eigenvalue weighted by Crippen LogP contribution is -2.43. The Morgan fingerprint density at radius 2 is 1.67 bits per heavy atom. The summed E-state index contributed by atoms with van der Waals surface area (Å²) in [7, 11) is 0. The molecule has 3 nitrogen and oxygen atoms in total. The summed E-state index contributed by atoms with van der Waals surface area (Å²) in [5.74, 6) is 0.0134. The second-order valence-corrected chi connectivity index (χ2v) is 6.89. The van der Waals surface area contributed by atoms with Gasteiger partial charge in [-0.05, 0) is 25.0 Å². The van der Waals surface area contributed by atoms with Gasteiger partial charge in [0, 0.05) is 25.6 Å². The van der Waals surface area contributed by atoms with Crippen molar-refractivity contribution in [3.63, 3.8) is 0 Å². The van der Waals surface area contributed by atoms with E-state index in [1.165, 1.54) is 11.1 Å². The van der Waals surface area contributed by atoms with Gasteiger partial charge in [0.25, 0.3) is 0 Å². The second kappa shape index (κ2) is 7.47. The molecule has 0 saturated carbocycles. The van der Waals surface area contributed by atoms with Gasteiger partial charge in [0.1, 0.15) is 0 Å². The molecule has 2 aromatic rings. The van der Waals surface area contributed by atoms with E-state index in [9.17, 15) is 5.11 Å². The SMILES string of the molecule is Cc1ccc([C@@](C)(O)[C@@H](CN2CCOCC2)c2ccccc2)cc1. The Bertz CT molecular complexity index is 631. The van der Waals surface area contributed by atoms with E-state index in [0.717, 1.165) is 38.4 Å². The van der Waals surface area contributed by atoms with Gasteiger partial charge in [-0.15, -0.1) is 0 Å². The first-order valence-corrected chi connectivity index (χ1v) is 8.72. The van der Waals surface area contributed by atoms with Crippen LogP contribution in [0.2, 0.25) is 0 Å². The molecule has 3 rings (SSSR count). The first kappa shape index (κ1) is 17.2. The minimum atomic E-state index is -0.923. The molecule has 0 aromatic heterocycles. The predicted octanol–water partition coefficient (Wildman–Crippen LogP) is 3.32. The molecular weight excluding hydrogens is 298 g/mol. The standard InChI is InChI=1S/C21H27NO2/c1-17-8-10-19(11-9-17)21(2,23)20(18-6-4-3-5-7-18)16-22-12-14-24-15-13-22/h3-11,20,23H,12-16H2,1-2H3/t20-,21+/m0/s1. The van der Waals surface area contributed by atoms with E-state index >= 15 is 0 Å². The lowest BCUT2D eigenvalue weighted by molar-refractivity contribution is -0.0107. The van der Waals surface area contributed by atoms with Crippen LogP contribution in [0.15, 0.2) is 54.6 Å². The van der Waals surface area contributed by atoms with Crippen molar-refractivity contribution in [3.05, 3.63) is 71.3 Å². The van der Waals surface area contributed by atoms with Crippen molar-refractivity contribution in [2.45, 2.75) is 25.4 Å². The molecule has 0 amide bonds. The van der Waals surface area contributed by atoms with Crippen LogP contribution in [0.4, 0.5) is 0 Å². The zero-order valence-electron chi connectivity index (χ0n) is 14.6. The lowest BCUT2D eigenvalue weighted by atomic mass is 9.78. The zero-order valence-corrected chi connectivity index (χ0v) is 14.6. The van der Waals surface area contributed by atoms with Crippen LogP contribution < -0.4 is 0 Å². The van der Waals surface area contributed by atoms with Crippen molar-refractivity contribution in [3.8, 4) is 0 Å². The second-order valence-electron chi connectivity index (χ2n) is 6.89. The van der Waals surface area contributed by atoms with Gasteiger partial charge in [-0.3, -0.25) is 4.90 Å². The fourth-order valence-electron chi connectivity index (χ4n) is 3.43. The molecule has 0 spiro atoms. The minimum Gasteiger partial charge on any atom is -0.385 e. The summed E-state index contributed by atoms with van der Waals surface area (Å²) in [4.78, 5) is 2.39. The van der Waals surface area contributed by atoms with Crippen molar-refractivity contribution < 1.29 is 9.84 Å². The van der Waals surface area contributed by atoms with Crippen LogP contribution in [-0.4, -0.2) is 42.9 Å². The summed E-state index contributed by atoms with van der Waals surface area (Å²) < 4.78 is 5.47. The summed E-state index contributed by atoms with van der Waals surface area (Å²) in [5, 5.41) is 11.5. The predicted molar refractivity (Wildman–Crippen MR) is 97.2 cm³/mol. The molecule has 1 fully saturated rings. The van der Waals surface area contributed by atoms with E-state index in [2.05, 4.69) is 36.1 Å². The fraction of sp³-hybridized carbons (Fsp3) is 0.429. The number of ether oxygens (including phenoxy) is 1. The Balaban J connectivity index is 1.91. The molecule has 1 aliphatic rings. The highest BCUT2D eigenvalue weighted by atomic mass is 16.5. The van der Waals surface area contributed by atoms with Gasteiger partial charge in [-0.25, -0.2) is 0 Å². The van der Waals surface area contributed by atoms with Crippen molar-refractivity contribution in [1.82, 2.24) is 4.90 Å². The van der Waals surface area contributed by atoms with Crippen molar-refractivity contribution in [1.29, 1.82) is 0 Å². The maximum absolute atomic E-state index is 11.5. The molecule has 1 heterocycles. The van der Waals surface area contributed by atoms with Crippen molar-refractivity contribution >= 4 is 0 Å². The molecule has 128 valence electrons. The number of rotatable bonds is 5. The number of benzene rings is 2. The molecule has 1 saturated heterocycles. The monoisotopic (exact) mass is 325 g/mol. The third kappa shape index (κ3) is 3.86. The van der Waals surface area contributed by atoms with E-state index in [-0.39, 0.29) is 5.92 Å². The smallest absolute Gasteiger partial charge is 0.0949 e. The van der Waals surface area contributed by atoms with Crippen LogP contribution in [0.3, 0.4) is 0 Å². The summed E-state index contributed by atoms with van der Waals surface area (Å²) in [6, 6.07) is 18.6. The van der Waals surface area contributed by atoms with Crippen LogP contribution in [0.25, 0.3) is 0 Å². The molecule has 3 heteroatoms. The quantitative estimate of drug-likeness (QED) is 0.915. The number of aryl methyl sites for hydroxylation is 1. The summed E-state index contributed by atoms with van der Waals surface area (Å²) >= 11 is 0. The Hall–Kier alpha value is -1.68. The van der Waals surface area contributed by atoms with Crippen LogP contribution in [0.5, 0.6) is 0 Å². The number of hydrogen-bond acceptors (Lipinski definition) is 3. The largest absolute Gasteiger partial charge is 0.385 e. The average Bonchev–Trinajstić information content (AvgIpc) is 2.61. The molecule has 2 atom stereocenters. The fourth-order valence-corrected chi connectivity index (χ4v) is 3.43. The molecular formula is C21H27NO2. The van der Waals surface area contributed by atoms with Gasteiger partial charge in [-0.1, -0.05) is 60.2 Å². The Labute approximate surface area is 144 Å². The molecule has 2 aromatic carbocycles. The minimum absolute atomic E-state index is 0.0134. The van der Waals surface area contributed by atoms with E-state index in [4.69, 9.17) is 4.74 Å². The van der Waals surface area contributed by atoms with Crippen LogP contribution in [0, 0.1) is 6.92 Å². The molecule has 0 radical (unpaired) electrons. The zero-order chi connectivity index (χ0) is 17.0. The maximum atomic E-state index is 11.5. The van der Waals surface area contributed by atoms with Gasteiger partial charge >= 0.3 is 0 Å². The Morgan fingerprint density at radius 1 is 1.04 bits per heavy atom. The van der Waals surface area contributed by atoms with Gasteiger partial charge in [-0.2, -0.15) is 0 Å². The van der Waals surface area contributed by atoms with E-state index in [1.807, 2.05) is 37.3 Å². The number of hydrogen-bond donors (Lipinski definition) is 1. The lowest BCUT2D eigenvalue weighted by Gasteiger charge is -2.38. The van der Waals surface area contributed by atoms with Crippen LogP contribution >= 0.6 is 0 Å². The first-order valence-electron chi connectivity index (χ1n) is 8.72. The number of aliphatic hydroxyl groups is 1. The van der Waals surface area contributed by atoms with Crippen LogP contribution in [-0.2, 0) is 10.3 Å². The third-order valence-corrected chi connectivity index (χ3v) is 5.06. The van der Waals surface area contributed by atoms with Gasteiger partial charge in [0.05, 0.1) is 18.8 Å². The van der Waals surface area contributed by atoms with Gasteiger partial charge in [0.15, 0.2) is 0 Å². The summed E-state index contributed by atoms with van der Waals surface area (Å²) in [6.45, 7) is 8.23. The maximum Gasteiger partial charge on any atom is 0.0949 e. The molecule has 1 aliphatic heterocycles. The average molecular weight is 325 g/mol. The molecule has 0 aliphatic carbocycles. The summed E-state index contributed by atoms with van der Waals surface area (Å²) in [6.07, 6.45) is 0. The number of morpholine rings is 1. The van der Waals surface area contributed by atoms with Crippen LogP contribution in [0.1, 0.15) is 29.5 Å². The van der Waals surface area contributed by atoms with Crippen molar-refractivity contribution in [2.75, 3.05) is 32.8 Å². The third-order valence-electron chi connectivity index (χ3n) is 5.06. The van der Waals surface area contributed by atoms with Gasteiger partial charge in [0.2, 0.25) is 0 Å².